The molecule has 0 aromatic rings. The number of carbonyl (C=O) groups is 4. The molecule has 38 heavy (non-hydrogen) atoms. The quantitative estimate of drug-likeness (QED) is 0.353. The van der Waals surface area contributed by atoms with E-state index in [1.165, 1.54) is 19.9 Å². The fourth-order valence-corrected chi connectivity index (χ4v) is 9.05. The zero-order valence-corrected chi connectivity index (χ0v) is 23.4. The van der Waals surface area contributed by atoms with E-state index in [0.717, 1.165) is 5.57 Å². The van der Waals surface area contributed by atoms with Crippen molar-refractivity contribution < 1.29 is 39.2 Å². The van der Waals surface area contributed by atoms with Gasteiger partial charge in [0, 0.05) is 30.1 Å². The molecule has 8 nitrogen and oxygen atoms in total. The van der Waals surface area contributed by atoms with Gasteiger partial charge in [-0.25, -0.2) is 0 Å². The summed E-state index contributed by atoms with van der Waals surface area (Å²) in [6.45, 7) is 12.5. The van der Waals surface area contributed by atoms with Crippen LogP contribution in [0.15, 0.2) is 23.3 Å². The van der Waals surface area contributed by atoms with Gasteiger partial charge in [-0.3, -0.25) is 19.2 Å². The number of aliphatic carboxylic acids is 1. The first-order valence-electron chi connectivity index (χ1n) is 13.7. The third-order valence-electron chi connectivity index (χ3n) is 11.5. The van der Waals surface area contributed by atoms with Crippen LogP contribution in [0.25, 0.3) is 0 Å². The second-order valence-corrected chi connectivity index (χ2v) is 13.9. The van der Waals surface area contributed by atoms with Gasteiger partial charge in [0.2, 0.25) is 0 Å². The molecule has 1 spiro atoms. The molecule has 0 aromatic carbocycles. The molecule has 0 aromatic heterocycles. The Hall–Kier alpha value is -2.16. The van der Waals surface area contributed by atoms with Gasteiger partial charge in [-0.2, -0.15) is 0 Å². The van der Waals surface area contributed by atoms with Gasteiger partial charge in [0.1, 0.15) is 17.2 Å². The minimum absolute atomic E-state index is 0.00758. The van der Waals surface area contributed by atoms with Crippen molar-refractivity contribution in [3.63, 3.8) is 0 Å². The Bertz CT molecular complexity index is 1220. The summed E-state index contributed by atoms with van der Waals surface area (Å²) in [6.07, 6.45) is 2.80. The highest BCUT2D eigenvalue weighted by Gasteiger charge is 2.85. The number of epoxide rings is 1. The van der Waals surface area contributed by atoms with Crippen molar-refractivity contribution in [3.8, 4) is 0 Å². The van der Waals surface area contributed by atoms with E-state index in [9.17, 15) is 34.5 Å². The molecule has 3 fully saturated rings. The van der Waals surface area contributed by atoms with Crippen molar-refractivity contribution in [2.75, 3.05) is 0 Å². The summed E-state index contributed by atoms with van der Waals surface area (Å²) in [7, 11) is 0. The summed E-state index contributed by atoms with van der Waals surface area (Å²) in [5, 5.41) is 32.5. The minimum Gasteiger partial charge on any atom is -0.481 e. The molecular weight excluding hydrogens is 488 g/mol. The van der Waals surface area contributed by atoms with Gasteiger partial charge >= 0.3 is 5.97 Å². The van der Waals surface area contributed by atoms with Crippen molar-refractivity contribution in [2.45, 2.75) is 104 Å². The predicted molar refractivity (Wildman–Crippen MR) is 137 cm³/mol. The second-order valence-electron chi connectivity index (χ2n) is 13.9. The van der Waals surface area contributed by atoms with Crippen LogP contribution in [0.3, 0.4) is 0 Å². The van der Waals surface area contributed by atoms with Crippen LogP contribution in [0.4, 0.5) is 0 Å². The van der Waals surface area contributed by atoms with E-state index < -0.39 is 56.6 Å². The molecule has 1 heterocycles. The van der Waals surface area contributed by atoms with Crippen molar-refractivity contribution in [2.24, 2.45) is 33.5 Å². The number of hydrogen-bond acceptors (Lipinski definition) is 7. The summed E-state index contributed by atoms with van der Waals surface area (Å²) >= 11 is 0. The lowest BCUT2D eigenvalue weighted by Crippen LogP contribution is -2.66. The van der Waals surface area contributed by atoms with Gasteiger partial charge in [-0.15, -0.1) is 0 Å². The fraction of sp³-hybridized carbons (Fsp3) is 0.733. The number of carbonyl (C=O) groups excluding carboxylic acids is 3. The average Bonchev–Trinajstić information content (AvgIpc) is 3.48. The molecule has 1 saturated heterocycles. The van der Waals surface area contributed by atoms with E-state index in [-0.39, 0.29) is 42.0 Å². The van der Waals surface area contributed by atoms with E-state index in [1.807, 2.05) is 20.8 Å². The fourth-order valence-electron chi connectivity index (χ4n) is 9.05. The number of fused-ring (bicyclic) bond motifs is 3. The van der Waals surface area contributed by atoms with Gasteiger partial charge in [-0.1, -0.05) is 40.7 Å². The monoisotopic (exact) mass is 528 g/mol. The van der Waals surface area contributed by atoms with Crippen LogP contribution in [0.5, 0.6) is 0 Å². The van der Waals surface area contributed by atoms with E-state index in [4.69, 9.17) is 4.74 Å². The Morgan fingerprint density at radius 1 is 1.18 bits per heavy atom. The summed E-state index contributed by atoms with van der Waals surface area (Å²) < 4.78 is 6.54. The number of Topliss-reactive ketones (excluding diaryl/α,β-unsaturated/α-hetero) is 2. The van der Waals surface area contributed by atoms with E-state index >= 15 is 0 Å². The molecule has 5 aliphatic rings. The number of allylic oxidation sites excluding steroid dienone is 1. The number of carboxylic acids is 1. The number of ether oxygens (including phenoxy) is 1. The molecule has 3 N–H and O–H groups in total. The van der Waals surface area contributed by atoms with Gasteiger partial charge in [0.05, 0.1) is 29.1 Å². The van der Waals surface area contributed by atoms with Crippen molar-refractivity contribution in [1.29, 1.82) is 0 Å². The van der Waals surface area contributed by atoms with Crippen LogP contribution >= 0.6 is 0 Å². The van der Waals surface area contributed by atoms with Crippen molar-refractivity contribution in [1.82, 2.24) is 0 Å². The zero-order valence-electron chi connectivity index (χ0n) is 23.4. The highest BCUT2D eigenvalue weighted by Crippen LogP contribution is 2.78. The molecule has 4 aliphatic carbocycles. The number of hydrogen-bond donors (Lipinski definition) is 3. The first kappa shape index (κ1) is 27.4. The van der Waals surface area contributed by atoms with Crippen LogP contribution in [-0.4, -0.2) is 62.0 Å². The molecule has 0 unspecified atom stereocenters. The second kappa shape index (κ2) is 7.73. The van der Waals surface area contributed by atoms with Crippen LogP contribution < -0.4 is 0 Å². The Labute approximate surface area is 223 Å². The lowest BCUT2D eigenvalue weighted by Gasteiger charge is -2.60. The first-order chi connectivity index (χ1) is 17.3. The average molecular weight is 529 g/mol. The van der Waals surface area contributed by atoms with Crippen molar-refractivity contribution in [3.05, 3.63) is 23.3 Å². The largest absolute Gasteiger partial charge is 0.481 e. The molecule has 208 valence electrons. The standard InChI is InChI=1S/C30H40O8/c1-15(24(35)36)10-16(31)14-27(5,37)19-12-22(34)29(7)28(19,6)21(33)11-18-26(4)9-8-20(32)25(2,3)17(26)13-23-30(18,29)38-23/h11-12,15,17,22-23,34,37H,8-10,13-14H2,1-7H3,(H,35,36)/t15-,17-,22+,23-,26-,27-,28-,29+,30+/m0/s1. The zero-order chi connectivity index (χ0) is 28.4. The lowest BCUT2D eigenvalue weighted by atomic mass is 9.40. The Morgan fingerprint density at radius 3 is 2.42 bits per heavy atom. The molecule has 8 heteroatoms. The normalized spacial score (nSPS) is 44.9. The summed E-state index contributed by atoms with van der Waals surface area (Å²) in [5.74, 6) is -2.48. The SMILES string of the molecule is C[C@@H](CC(=O)C[C@](C)(O)C1=C[C@@H](O)[C@]2(C)[C@]1(C)C(=O)C=C1[C@]23O[C@H]3C[C@H]2C(C)(C)C(=O)CC[C@]12C)C(=O)O. The maximum Gasteiger partial charge on any atom is 0.306 e. The summed E-state index contributed by atoms with van der Waals surface area (Å²) in [5.41, 5.74) is -5.09. The van der Waals surface area contributed by atoms with Gasteiger partial charge in [0.15, 0.2) is 5.78 Å². The van der Waals surface area contributed by atoms with E-state index in [2.05, 4.69) is 6.92 Å². The van der Waals surface area contributed by atoms with Crippen LogP contribution in [0, 0.1) is 33.5 Å². The highest BCUT2D eigenvalue weighted by atomic mass is 16.6. The molecule has 0 bridgehead atoms. The summed E-state index contributed by atoms with van der Waals surface area (Å²) in [4.78, 5) is 51.1. The molecular formula is C30H40O8. The maximum absolute atomic E-state index is 14.2. The molecule has 9 atom stereocenters. The van der Waals surface area contributed by atoms with Crippen molar-refractivity contribution >= 4 is 23.3 Å². The molecule has 0 radical (unpaired) electrons. The smallest absolute Gasteiger partial charge is 0.306 e. The van der Waals surface area contributed by atoms with E-state index in [1.54, 1.807) is 13.0 Å². The third kappa shape index (κ3) is 3.02. The van der Waals surface area contributed by atoms with Crippen LogP contribution in [-0.2, 0) is 23.9 Å². The molecule has 5 rings (SSSR count). The molecule has 1 aliphatic heterocycles. The predicted octanol–water partition coefficient (Wildman–Crippen LogP) is 3.18. The number of carboxylic acid groups (broad SMARTS) is 1. The van der Waals surface area contributed by atoms with Gasteiger partial charge in [-0.05, 0) is 55.2 Å². The maximum atomic E-state index is 14.2. The Morgan fingerprint density at radius 2 is 1.82 bits per heavy atom. The number of ketones is 3. The summed E-state index contributed by atoms with van der Waals surface area (Å²) in [6, 6.07) is 0. The molecule has 0 amide bonds. The third-order valence-corrected chi connectivity index (χ3v) is 11.5. The number of aliphatic hydroxyl groups excluding tert-OH is 1. The molecule has 2 saturated carbocycles. The van der Waals surface area contributed by atoms with Gasteiger partial charge in [0.25, 0.3) is 0 Å². The van der Waals surface area contributed by atoms with Crippen LogP contribution in [0.1, 0.15) is 80.6 Å². The topological polar surface area (TPSA) is 141 Å². The van der Waals surface area contributed by atoms with Crippen LogP contribution in [0.2, 0.25) is 0 Å². The van der Waals surface area contributed by atoms with Gasteiger partial charge < -0.3 is 20.1 Å². The van der Waals surface area contributed by atoms with E-state index in [0.29, 0.717) is 19.3 Å². The lowest BCUT2D eigenvalue weighted by molar-refractivity contribution is -0.147. The number of aliphatic hydroxyl groups is 2. The number of rotatable bonds is 6. The Kier molecular flexibility index (Phi) is 5.58. The Balaban J connectivity index is 1.57. The highest BCUT2D eigenvalue weighted by molar-refractivity contribution is 6.02. The minimum atomic E-state index is -1.77. The first-order valence-corrected chi connectivity index (χ1v) is 13.7.